The number of aliphatic hydroxyl groups is 2. The predicted molar refractivity (Wildman–Crippen MR) is 549 cm³/mol. The lowest BCUT2D eigenvalue weighted by Crippen LogP contribution is -2.43. The molecule has 5 fully saturated rings. The number of furan rings is 4. The minimum Gasteiger partial charge on any atom is -0.449 e. The molecule has 2 saturated heterocycles. The van der Waals surface area contributed by atoms with Crippen LogP contribution in [0.2, 0.25) is 0 Å². The minimum atomic E-state index is -0.661. The highest BCUT2D eigenvalue weighted by Gasteiger charge is 2.33. The molecular weight excluding hydrogens is 1920 g/mol. The van der Waals surface area contributed by atoms with Gasteiger partial charge in [-0.15, -0.1) is 0 Å². The van der Waals surface area contributed by atoms with E-state index >= 15 is 0 Å². The van der Waals surface area contributed by atoms with Gasteiger partial charge in [-0.05, 0) is 250 Å². The van der Waals surface area contributed by atoms with E-state index in [1.807, 2.05) is 45.9 Å². The standard InChI is InChI=1S/C29H29F2N5O2.C29H30F2N4O4.C29H28F2N4O3.C26H18F2N4O2/c30-20-7-5-19(6-8-20)27-28(36(18-33-27)21-3-1-2-4-21)25-11-12-26(38-25)29(37)34-24-10-9-22(17-23(24)31)35-15-13-32-14-16-35;30-20-7-5-19(6-8-20)27-28(35(18-32-27)21-3-1-2-4-21)25-11-12-26(39-25)29(38)33-24-10-9-22(17-23(24)31)34(13-15-36)14-16-37;30-20-7-5-19(6-8-20)27-28(35(18-32-27)21-3-1-2-4-21)25-11-12-26(38-25)29(36)33-24-10-9-22(17-23(24)31)34-13-15-37-16-14-34;27-19-8-6-18(7-9-19)24-25(32(16-30-24)15-17-4-2-1-3-5-17)22-10-11-23(34-22)26(33)31-21-12-13-29-14-20(21)28/h5-12,17-18,21,32H,1-4,13-16H2,(H,34,37);5-12,17-18,21,36-37H,1-4,13-16H2,(H,33,38);5-12,17-18,21H,1-4,13-16H2,(H,33,36);1-14,16H,15H2,(H,29,31,33). The summed E-state index contributed by atoms with van der Waals surface area (Å²) in [4.78, 5) is 79.6. The van der Waals surface area contributed by atoms with Crippen molar-refractivity contribution in [1.29, 1.82) is 0 Å². The number of anilines is 7. The summed E-state index contributed by atoms with van der Waals surface area (Å²) in [5, 5.41) is 32.0. The molecule has 3 aliphatic carbocycles. The number of benzene rings is 8. The summed E-state index contributed by atoms with van der Waals surface area (Å²) >= 11 is 0. The van der Waals surface area contributed by atoms with E-state index in [-0.39, 0.29) is 113 Å². The van der Waals surface area contributed by atoms with Crippen LogP contribution < -0.4 is 41.3 Å². The first-order chi connectivity index (χ1) is 72.7. The molecule has 3 saturated carbocycles. The largest absolute Gasteiger partial charge is 0.449 e. The number of amides is 4. The first kappa shape index (κ1) is 101. The predicted octanol–water partition coefficient (Wildman–Crippen LogP) is 23.2. The fourth-order valence-electron chi connectivity index (χ4n) is 19.3. The molecular formula is C113H105F8N17O11. The lowest BCUT2D eigenvalue weighted by Gasteiger charge is -2.29. The second-order valence-electron chi connectivity index (χ2n) is 36.5. The number of nitrogens with zero attached hydrogens (tertiary/aromatic N) is 12. The maximum Gasteiger partial charge on any atom is 0.291 e. The molecule has 2 aliphatic heterocycles. The Labute approximate surface area is 851 Å². The number of ether oxygens (including phenoxy) is 1. The van der Waals surface area contributed by atoms with E-state index in [9.17, 15) is 64.5 Å². The third kappa shape index (κ3) is 23.8. The average Bonchev–Trinajstić information content (AvgIpc) is 1.63. The molecule has 0 radical (unpaired) electrons. The van der Waals surface area contributed by atoms with Crippen LogP contribution in [0.1, 0.15) is 143 Å². The van der Waals surface area contributed by atoms with Crippen molar-refractivity contribution in [1.82, 2.24) is 48.5 Å². The van der Waals surface area contributed by atoms with Crippen molar-refractivity contribution in [3.05, 3.63) is 349 Å². The molecule has 17 aromatic rings. The number of aliphatic hydroxyl groups excluding tert-OH is 2. The van der Waals surface area contributed by atoms with Crippen LogP contribution >= 0.6 is 0 Å². The van der Waals surface area contributed by atoms with Crippen LogP contribution in [0, 0.1) is 46.5 Å². The molecule has 149 heavy (non-hydrogen) atoms. The van der Waals surface area contributed by atoms with E-state index in [0.29, 0.717) is 101 Å². The third-order valence-corrected chi connectivity index (χ3v) is 26.9. The van der Waals surface area contributed by atoms with Gasteiger partial charge in [-0.3, -0.25) is 24.2 Å². The van der Waals surface area contributed by atoms with Gasteiger partial charge < -0.3 is 92.2 Å². The summed E-state index contributed by atoms with van der Waals surface area (Å²) in [6.45, 7) is 6.57. The molecule has 22 rings (SSSR count). The Morgan fingerprint density at radius 3 is 1.07 bits per heavy atom. The third-order valence-electron chi connectivity index (χ3n) is 26.9. The number of halogens is 8. The number of imidazole rings is 4. The number of rotatable bonds is 28. The number of pyridine rings is 1. The van der Waals surface area contributed by atoms with Crippen LogP contribution in [0.3, 0.4) is 0 Å². The lowest BCUT2D eigenvalue weighted by molar-refractivity contribution is 0.0989. The molecule has 764 valence electrons. The summed E-state index contributed by atoms with van der Waals surface area (Å²) < 4.78 is 150. The van der Waals surface area contributed by atoms with Gasteiger partial charge in [-0.1, -0.05) is 68.9 Å². The Morgan fingerprint density at radius 1 is 0.369 bits per heavy atom. The zero-order valence-corrected chi connectivity index (χ0v) is 80.8. The van der Waals surface area contributed by atoms with Crippen molar-refractivity contribution in [2.24, 2.45) is 0 Å². The van der Waals surface area contributed by atoms with Gasteiger partial charge in [0.1, 0.15) is 63.5 Å². The monoisotopic (exact) mass is 2030 g/mol. The van der Waals surface area contributed by atoms with Crippen molar-refractivity contribution in [2.45, 2.75) is 102 Å². The Bertz CT molecular complexity index is 7270. The van der Waals surface area contributed by atoms with E-state index in [1.165, 1.54) is 97.2 Å². The molecule has 0 atom stereocenters. The van der Waals surface area contributed by atoms with Crippen LogP contribution in [-0.2, 0) is 11.3 Å². The van der Waals surface area contributed by atoms with Crippen LogP contribution in [-0.4, -0.2) is 156 Å². The maximum atomic E-state index is 14.9. The molecule has 0 unspecified atom stereocenters. The van der Waals surface area contributed by atoms with Gasteiger partial charge in [0.15, 0.2) is 51.9 Å². The second kappa shape index (κ2) is 46.9. The number of carbonyl (C=O) groups excluding carboxylic acids is 4. The Balaban J connectivity index is 0.000000125. The average molecular weight is 2030 g/mol. The number of carbonyl (C=O) groups is 4. The van der Waals surface area contributed by atoms with Crippen LogP contribution in [0.15, 0.2) is 292 Å². The summed E-state index contributed by atoms with van der Waals surface area (Å²) in [5.74, 6) is -4.09. The first-order valence-electron chi connectivity index (χ1n) is 49.4. The zero-order chi connectivity index (χ0) is 103. The Hall–Kier alpha value is -16.6. The van der Waals surface area contributed by atoms with Gasteiger partial charge in [0.2, 0.25) is 0 Å². The summed E-state index contributed by atoms with van der Waals surface area (Å²) in [6, 6.07) is 63.2. The van der Waals surface area contributed by atoms with Gasteiger partial charge in [-0.2, -0.15) is 0 Å². The van der Waals surface area contributed by atoms with Crippen molar-refractivity contribution in [2.75, 3.05) is 115 Å². The van der Waals surface area contributed by atoms with Gasteiger partial charge in [0.25, 0.3) is 23.6 Å². The summed E-state index contributed by atoms with van der Waals surface area (Å²) in [5.41, 5.74) is 11.5. The van der Waals surface area contributed by atoms with Crippen LogP contribution in [0.4, 0.5) is 74.9 Å². The molecule has 36 heteroatoms. The zero-order valence-electron chi connectivity index (χ0n) is 80.8. The fourth-order valence-corrected chi connectivity index (χ4v) is 19.3. The van der Waals surface area contributed by atoms with Crippen molar-refractivity contribution >= 4 is 63.4 Å². The van der Waals surface area contributed by atoms with E-state index < -0.39 is 46.9 Å². The normalized spacial score (nSPS) is 14.3. The maximum absolute atomic E-state index is 14.9. The molecule has 8 aromatic carbocycles. The summed E-state index contributed by atoms with van der Waals surface area (Å²) in [7, 11) is 0. The number of morpholine rings is 1. The van der Waals surface area contributed by atoms with Gasteiger partial charge >= 0.3 is 0 Å². The van der Waals surface area contributed by atoms with Gasteiger partial charge in [0, 0.05) is 123 Å². The van der Waals surface area contributed by atoms with Gasteiger partial charge in [0.05, 0.1) is 103 Å². The molecule has 7 N–H and O–H groups in total. The molecule has 4 amide bonds. The highest BCUT2D eigenvalue weighted by atomic mass is 19.2. The highest BCUT2D eigenvalue weighted by molar-refractivity contribution is 6.05. The smallest absolute Gasteiger partial charge is 0.291 e. The minimum absolute atomic E-state index is 0.0000999. The Morgan fingerprint density at radius 2 is 0.711 bits per heavy atom. The quantitative estimate of drug-likeness (QED) is 0.0224. The van der Waals surface area contributed by atoms with Crippen molar-refractivity contribution < 1.29 is 86.9 Å². The molecule has 5 aliphatic rings. The second-order valence-corrected chi connectivity index (χ2v) is 36.5. The van der Waals surface area contributed by atoms with E-state index in [4.69, 9.17) is 22.4 Å². The first-order valence-corrected chi connectivity index (χ1v) is 49.4. The lowest BCUT2D eigenvalue weighted by atomic mass is 10.1. The fraction of sp³-hybridized carbons (Fsp3) is 0.248. The topological polar surface area (TPSA) is 325 Å². The number of nitrogens with one attached hydrogen (secondary N) is 5. The number of hydrogen-bond acceptors (Lipinski definition) is 20. The summed E-state index contributed by atoms with van der Waals surface area (Å²) in [6.07, 6.45) is 22.3. The van der Waals surface area contributed by atoms with E-state index in [1.54, 1.807) is 139 Å². The van der Waals surface area contributed by atoms with Crippen LogP contribution in [0.5, 0.6) is 0 Å². The molecule has 28 nitrogen and oxygen atoms in total. The van der Waals surface area contributed by atoms with E-state index in [2.05, 4.69) is 70.1 Å². The number of hydrogen-bond donors (Lipinski definition) is 7. The molecule has 11 heterocycles. The Kier molecular flexibility index (Phi) is 31.8. The molecule has 0 spiro atoms. The highest BCUT2D eigenvalue weighted by Crippen LogP contribution is 2.45. The van der Waals surface area contributed by atoms with E-state index in [0.717, 1.165) is 154 Å². The van der Waals surface area contributed by atoms with Crippen molar-refractivity contribution in [3.63, 3.8) is 0 Å². The number of aromatic nitrogens is 9. The van der Waals surface area contributed by atoms with Crippen LogP contribution in [0.25, 0.3) is 90.8 Å². The molecule has 0 bridgehead atoms. The van der Waals surface area contributed by atoms with Crippen molar-refractivity contribution in [3.8, 4) is 90.8 Å². The molecule has 9 aromatic heterocycles. The SMILES string of the molecule is O=C(Nc1ccc(N(CCO)CCO)cc1F)c1ccc(-c2c(-c3ccc(F)cc3)ncn2C2CCCC2)o1.O=C(Nc1ccc(N2CCNCC2)cc1F)c1ccc(-c2c(-c3ccc(F)cc3)ncn2C2CCCC2)o1.O=C(Nc1ccc(N2CCOCC2)cc1F)c1ccc(-c2c(-c3ccc(F)cc3)ncn2C2CCCC2)o1.O=C(Nc1ccncc1F)c1ccc(-c2c(-c3ccc(F)cc3)ncn2Cc2ccccc2)o1. The van der Waals surface area contributed by atoms with Gasteiger partial charge in [-0.25, -0.2) is 55.1 Å². The number of piperazine rings is 1.